The molecule has 0 amide bonds. The van der Waals surface area contributed by atoms with E-state index in [9.17, 15) is 44.3 Å². The Morgan fingerprint density at radius 1 is 0.600 bits per heavy atom. The molecule has 0 saturated heterocycles. The molecule has 1 atom stereocenters. The van der Waals surface area contributed by atoms with Gasteiger partial charge >= 0.3 is 18.0 Å². The molecule has 2 nitrogen and oxygen atoms in total. The number of halogens is 10. The molecule has 0 N–H and O–H groups in total. The number of alkyl halides is 6. The predicted octanol–water partition coefficient (Wildman–Crippen LogP) is 2.95. The average molecular weight is 254 g/mol. The summed E-state index contributed by atoms with van der Waals surface area (Å²) in [6.07, 6.45) is -6.92. The van der Waals surface area contributed by atoms with E-state index >= 15 is 0 Å². The van der Waals surface area contributed by atoms with Gasteiger partial charge in [-0.2, -0.15) is 22.0 Å². The van der Waals surface area contributed by atoms with Gasteiger partial charge in [0.25, 0.3) is 0 Å². The van der Waals surface area contributed by atoms with E-state index in [1.54, 1.807) is 0 Å². The van der Waals surface area contributed by atoms with Gasteiger partial charge in [-0.25, -0.2) is 4.39 Å². The fourth-order valence-electron chi connectivity index (χ4n) is 0.480. The van der Waals surface area contributed by atoms with Gasteiger partial charge in [-0.3, -0.25) is 0 Å². The van der Waals surface area contributed by atoms with E-state index in [1.807, 2.05) is 0 Å². The highest BCUT2D eigenvalue weighted by atomic mass is 19.4. The van der Waals surface area contributed by atoms with E-state index in [-0.39, 0.29) is 0 Å². The predicted molar refractivity (Wildman–Crippen MR) is 23.0 cm³/mol. The number of hydrogen-bond donors (Lipinski definition) is 0. The normalized spacial score (nSPS) is 18.4. The molecular formula is C3F10N2. The van der Waals surface area contributed by atoms with Crippen LogP contribution in [-0.2, 0) is 0 Å². The molecule has 15 heavy (non-hydrogen) atoms. The van der Waals surface area contributed by atoms with Crippen molar-refractivity contribution in [2.45, 2.75) is 18.0 Å². The van der Waals surface area contributed by atoms with Gasteiger partial charge in [0, 0.05) is 0 Å². The lowest BCUT2D eigenvalue weighted by Crippen LogP contribution is -2.65. The summed E-state index contributed by atoms with van der Waals surface area (Å²) < 4.78 is 115. The molecule has 0 spiro atoms. The maximum atomic E-state index is 12.2. The van der Waals surface area contributed by atoms with Crippen molar-refractivity contribution in [1.82, 2.24) is 10.7 Å². The zero-order chi connectivity index (χ0) is 12.7. The molecule has 0 aliphatic carbocycles. The van der Waals surface area contributed by atoms with E-state index in [0.717, 1.165) is 0 Å². The molecule has 0 fully saturated rings. The minimum absolute atomic E-state index is 3.59. The maximum absolute atomic E-state index is 12.2. The Labute approximate surface area is 74.4 Å². The second kappa shape index (κ2) is 3.66. The smallest absolute Gasteiger partial charge is 0.201 e. The molecule has 0 bridgehead atoms. The van der Waals surface area contributed by atoms with E-state index < -0.39 is 28.7 Å². The monoisotopic (exact) mass is 254 g/mol. The van der Waals surface area contributed by atoms with Crippen molar-refractivity contribution in [3.05, 3.63) is 0 Å². The van der Waals surface area contributed by atoms with Crippen LogP contribution in [0.3, 0.4) is 0 Å². The third-order valence-corrected chi connectivity index (χ3v) is 1.22. The van der Waals surface area contributed by atoms with Gasteiger partial charge in [-0.1, -0.05) is 17.9 Å². The lowest BCUT2D eigenvalue weighted by atomic mass is 10.2. The van der Waals surface area contributed by atoms with Crippen LogP contribution in [0.1, 0.15) is 0 Å². The Kier molecular flexibility index (Phi) is 3.47. The summed E-state index contributed by atoms with van der Waals surface area (Å²) in [7, 11) is 0. The first-order valence-electron chi connectivity index (χ1n) is 2.76. The van der Waals surface area contributed by atoms with Crippen LogP contribution in [0.25, 0.3) is 0 Å². The van der Waals surface area contributed by atoms with Crippen LogP contribution in [0, 0.1) is 0 Å². The molecule has 0 aliphatic heterocycles. The molecule has 12 heteroatoms. The van der Waals surface area contributed by atoms with Crippen LogP contribution in [0.15, 0.2) is 0 Å². The highest BCUT2D eigenvalue weighted by Gasteiger charge is 2.80. The van der Waals surface area contributed by atoms with Gasteiger partial charge in [-0.15, -0.1) is 0 Å². The number of rotatable bonds is 3. The van der Waals surface area contributed by atoms with Crippen molar-refractivity contribution in [2.24, 2.45) is 0 Å². The fraction of sp³-hybridized carbons (Fsp3) is 1.00. The Hall–Kier alpha value is -0.780. The summed E-state index contributed by atoms with van der Waals surface area (Å²) in [5, 5.41) is -7.26. The van der Waals surface area contributed by atoms with Crippen molar-refractivity contribution in [2.75, 3.05) is 0 Å². The van der Waals surface area contributed by atoms with Crippen LogP contribution >= 0.6 is 0 Å². The molecule has 0 aromatic heterocycles. The van der Waals surface area contributed by atoms with Crippen molar-refractivity contribution in [3.8, 4) is 0 Å². The SMILES string of the molecule is FN(F)C(F)(F)C(F)(N(F)F)C(F)(F)F. The summed E-state index contributed by atoms with van der Waals surface area (Å²) in [5.74, 6) is -6.80. The molecule has 0 aromatic rings. The van der Waals surface area contributed by atoms with Crippen molar-refractivity contribution >= 4 is 0 Å². The second-order valence-electron chi connectivity index (χ2n) is 2.13. The van der Waals surface area contributed by atoms with Crippen LogP contribution in [0.5, 0.6) is 0 Å². The lowest BCUT2D eigenvalue weighted by Gasteiger charge is -2.32. The average Bonchev–Trinajstić information content (AvgIpc) is 1.99. The minimum atomic E-state index is -6.92. The second-order valence-corrected chi connectivity index (χ2v) is 2.13. The Morgan fingerprint density at radius 2 is 0.933 bits per heavy atom. The Bertz CT molecular complexity index is 221. The van der Waals surface area contributed by atoms with Gasteiger partial charge in [0.15, 0.2) is 0 Å². The summed E-state index contributed by atoms with van der Waals surface area (Å²) >= 11 is 0. The van der Waals surface area contributed by atoms with E-state index in [2.05, 4.69) is 0 Å². The third-order valence-electron chi connectivity index (χ3n) is 1.22. The molecule has 0 rings (SSSR count). The first kappa shape index (κ1) is 14.2. The molecule has 1 unspecified atom stereocenters. The largest absolute Gasteiger partial charge is 0.450 e. The van der Waals surface area contributed by atoms with Gasteiger partial charge in [-0.05, 0) is 0 Å². The summed E-state index contributed by atoms with van der Waals surface area (Å²) in [6, 6.07) is -6.76. The van der Waals surface area contributed by atoms with Crippen molar-refractivity contribution in [3.63, 3.8) is 0 Å². The van der Waals surface area contributed by atoms with E-state index in [1.165, 1.54) is 0 Å². The van der Waals surface area contributed by atoms with Crippen LogP contribution in [-0.4, -0.2) is 28.7 Å². The number of hydrogen-bond acceptors (Lipinski definition) is 2. The quantitative estimate of drug-likeness (QED) is 0.434. The molecular weight excluding hydrogens is 254 g/mol. The lowest BCUT2D eigenvalue weighted by molar-refractivity contribution is -0.494. The third kappa shape index (κ3) is 1.95. The maximum Gasteiger partial charge on any atom is 0.450 e. The first-order chi connectivity index (χ1) is 6.39. The Balaban J connectivity index is 5.51. The van der Waals surface area contributed by atoms with Gasteiger partial charge < -0.3 is 0 Å². The van der Waals surface area contributed by atoms with Gasteiger partial charge in [0.2, 0.25) is 0 Å². The zero-order valence-electron chi connectivity index (χ0n) is 6.17. The van der Waals surface area contributed by atoms with Gasteiger partial charge in [0.05, 0.1) is 10.7 Å². The topological polar surface area (TPSA) is 6.48 Å². The minimum Gasteiger partial charge on any atom is -0.201 e. The highest BCUT2D eigenvalue weighted by Crippen LogP contribution is 2.49. The molecule has 0 aromatic carbocycles. The van der Waals surface area contributed by atoms with Crippen LogP contribution < -0.4 is 0 Å². The van der Waals surface area contributed by atoms with Crippen LogP contribution in [0.4, 0.5) is 44.3 Å². The number of nitrogens with zero attached hydrogens (tertiary/aromatic N) is 2. The fourth-order valence-corrected chi connectivity index (χ4v) is 0.480. The molecule has 0 saturated carbocycles. The van der Waals surface area contributed by atoms with Gasteiger partial charge in [0.1, 0.15) is 0 Å². The zero-order valence-corrected chi connectivity index (χ0v) is 6.17. The molecule has 0 heterocycles. The van der Waals surface area contributed by atoms with Crippen molar-refractivity contribution < 1.29 is 44.3 Å². The van der Waals surface area contributed by atoms with Crippen LogP contribution in [0.2, 0.25) is 0 Å². The highest BCUT2D eigenvalue weighted by molar-refractivity contribution is 4.91. The summed E-state index contributed by atoms with van der Waals surface area (Å²) in [5.41, 5.74) is 0. The standard InChI is InChI=1S/C3F10N2/c4-1(14(10)11,2(5,6)7)3(8,9)15(12)13. The van der Waals surface area contributed by atoms with Crippen molar-refractivity contribution in [1.29, 1.82) is 0 Å². The Morgan fingerprint density at radius 3 is 1.00 bits per heavy atom. The summed E-state index contributed by atoms with van der Waals surface area (Å²) in [6.45, 7) is 0. The molecule has 0 radical (unpaired) electrons. The molecule has 92 valence electrons. The first-order valence-corrected chi connectivity index (χ1v) is 2.76. The van der Waals surface area contributed by atoms with E-state index in [0.29, 0.717) is 0 Å². The molecule has 0 aliphatic rings. The summed E-state index contributed by atoms with van der Waals surface area (Å²) in [4.78, 5) is 0. The van der Waals surface area contributed by atoms with E-state index in [4.69, 9.17) is 0 Å².